The van der Waals surface area contributed by atoms with Crippen LogP contribution in [-0.4, -0.2) is 52.0 Å². The molecule has 0 radical (unpaired) electrons. The predicted octanol–water partition coefficient (Wildman–Crippen LogP) is 5.71. The van der Waals surface area contributed by atoms with E-state index in [0.717, 1.165) is 53.9 Å². The van der Waals surface area contributed by atoms with Crippen molar-refractivity contribution in [3.8, 4) is 0 Å². The van der Waals surface area contributed by atoms with E-state index in [-0.39, 0.29) is 10.9 Å². The Morgan fingerprint density at radius 3 is 2.56 bits per heavy atom. The van der Waals surface area contributed by atoms with Crippen LogP contribution in [0.4, 0.5) is 10.5 Å². The van der Waals surface area contributed by atoms with Gasteiger partial charge in [-0.1, -0.05) is 62.1 Å². The van der Waals surface area contributed by atoms with Crippen LogP contribution in [0.1, 0.15) is 51.4 Å². The van der Waals surface area contributed by atoms with Crippen LogP contribution in [-0.2, 0) is 4.79 Å². The van der Waals surface area contributed by atoms with E-state index in [1.165, 1.54) is 25.7 Å². The first-order chi connectivity index (χ1) is 15.6. The number of fused-ring (bicyclic) bond motifs is 1. The minimum Gasteiger partial charge on any atom is -0.327 e. The Labute approximate surface area is 194 Å². The number of likely N-dealkylation sites (tertiary alicyclic amines) is 1. The van der Waals surface area contributed by atoms with Crippen molar-refractivity contribution in [1.29, 1.82) is 0 Å². The van der Waals surface area contributed by atoms with Crippen molar-refractivity contribution < 1.29 is 9.59 Å². The Bertz CT molecular complexity index is 975. The summed E-state index contributed by atoms with van der Waals surface area (Å²) in [6, 6.07) is 14.1. The van der Waals surface area contributed by atoms with Crippen molar-refractivity contribution in [2.24, 2.45) is 5.92 Å². The first kappa shape index (κ1) is 21.6. The topological polar surface area (TPSA) is 52.7 Å². The Kier molecular flexibility index (Phi) is 6.31. The zero-order valence-electron chi connectivity index (χ0n) is 18.7. The van der Waals surface area contributed by atoms with Gasteiger partial charge in [0.2, 0.25) is 5.91 Å². The van der Waals surface area contributed by atoms with E-state index in [0.29, 0.717) is 25.4 Å². The fourth-order valence-corrected chi connectivity index (χ4v) is 7.20. The quantitative estimate of drug-likeness (QED) is 0.648. The molecule has 1 saturated carbocycles. The van der Waals surface area contributed by atoms with Gasteiger partial charge in [-0.05, 0) is 36.6 Å². The lowest BCUT2D eigenvalue weighted by Crippen LogP contribution is -2.54. The Morgan fingerprint density at radius 1 is 1.00 bits per heavy atom. The molecule has 1 N–H and O–H groups in total. The van der Waals surface area contributed by atoms with E-state index in [9.17, 15) is 9.59 Å². The van der Waals surface area contributed by atoms with Gasteiger partial charge in [-0.15, -0.1) is 11.8 Å². The van der Waals surface area contributed by atoms with E-state index in [2.05, 4.69) is 22.3 Å². The number of anilines is 1. The monoisotopic (exact) mass is 451 g/mol. The summed E-state index contributed by atoms with van der Waals surface area (Å²) in [6.07, 6.45) is 8.72. The third-order valence-electron chi connectivity index (χ3n) is 7.58. The minimum atomic E-state index is -0.108. The Morgan fingerprint density at radius 2 is 1.75 bits per heavy atom. The lowest BCUT2D eigenvalue weighted by molar-refractivity contribution is -0.134. The number of nitrogens with one attached hydrogen (secondary N) is 1. The summed E-state index contributed by atoms with van der Waals surface area (Å²) < 4.78 is 0. The molecule has 3 fully saturated rings. The highest BCUT2D eigenvalue weighted by Crippen LogP contribution is 2.44. The molecule has 0 unspecified atom stereocenters. The van der Waals surface area contributed by atoms with Gasteiger partial charge >= 0.3 is 6.03 Å². The predicted molar refractivity (Wildman–Crippen MR) is 132 cm³/mol. The number of hydrogen-bond donors (Lipinski definition) is 1. The molecule has 3 amide bonds. The molecule has 1 spiro atoms. The molecule has 3 aliphatic rings. The summed E-state index contributed by atoms with van der Waals surface area (Å²) in [6.45, 7) is 2.24. The summed E-state index contributed by atoms with van der Waals surface area (Å²) in [5, 5.41) is 5.30. The summed E-state index contributed by atoms with van der Waals surface area (Å²) in [7, 11) is 0. The van der Waals surface area contributed by atoms with E-state index in [1.54, 1.807) is 0 Å². The number of piperidine rings is 1. The maximum Gasteiger partial charge on any atom is 0.321 e. The number of carbonyl (C=O) groups excluding carboxylic acids is 2. The second kappa shape index (κ2) is 9.34. The van der Waals surface area contributed by atoms with Gasteiger partial charge in [0, 0.05) is 37.2 Å². The molecule has 0 atom stereocenters. The van der Waals surface area contributed by atoms with Gasteiger partial charge in [0.1, 0.15) is 0 Å². The van der Waals surface area contributed by atoms with Crippen LogP contribution in [0.2, 0.25) is 0 Å². The molecule has 5 rings (SSSR count). The fraction of sp³-hybridized carbons (Fsp3) is 0.538. The van der Waals surface area contributed by atoms with Crippen LogP contribution in [0, 0.1) is 5.92 Å². The number of benzene rings is 2. The number of carbonyl (C=O) groups is 2. The third kappa shape index (κ3) is 4.34. The van der Waals surface area contributed by atoms with Crippen LogP contribution in [0.25, 0.3) is 10.8 Å². The van der Waals surface area contributed by atoms with Crippen molar-refractivity contribution in [2.45, 2.75) is 56.2 Å². The third-order valence-corrected chi connectivity index (χ3v) is 9.14. The largest absolute Gasteiger partial charge is 0.327 e. The highest BCUT2D eigenvalue weighted by molar-refractivity contribution is 8.00. The minimum absolute atomic E-state index is 0.0432. The van der Waals surface area contributed by atoms with Crippen LogP contribution >= 0.6 is 11.8 Å². The number of thioether (sulfide) groups is 1. The lowest BCUT2D eigenvalue weighted by Gasteiger charge is -2.44. The molecule has 2 saturated heterocycles. The first-order valence-electron chi connectivity index (χ1n) is 12.1. The number of rotatable bonds is 4. The molecule has 5 nitrogen and oxygen atoms in total. The number of hydrogen-bond acceptors (Lipinski definition) is 3. The van der Waals surface area contributed by atoms with Crippen molar-refractivity contribution >= 4 is 40.2 Å². The molecule has 6 heteroatoms. The second-order valence-electron chi connectivity index (χ2n) is 9.47. The highest BCUT2D eigenvalue weighted by atomic mass is 32.2. The van der Waals surface area contributed by atoms with Crippen LogP contribution < -0.4 is 5.32 Å². The molecule has 32 heavy (non-hydrogen) atoms. The van der Waals surface area contributed by atoms with Crippen molar-refractivity contribution in [1.82, 2.24) is 9.80 Å². The normalized spacial score (nSPS) is 20.9. The van der Waals surface area contributed by atoms with Gasteiger partial charge in [0.05, 0.1) is 10.6 Å². The van der Waals surface area contributed by atoms with Crippen molar-refractivity contribution in [2.75, 3.05) is 30.7 Å². The van der Waals surface area contributed by atoms with Crippen LogP contribution in [0.5, 0.6) is 0 Å². The SMILES string of the molecule is O=C(Nc1cccc2ccccc12)N1CCC2(CC1)SCCN2C(=O)CCC1CCCC1. The summed E-state index contributed by atoms with van der Waals surface area (Å²) in [5.74, 6) is 2.09. The Balaban J connectivity index is 1.19. The van der Waals surface area contributed by atoms with Gasteiger partial charge in [-0.2, -0.15) is 0 Å². The van der Waals surface area contributed by atoms with E-state index >= 15 is 0 Å². The molecular weight excluding hydrogens is 418 g/mol. The average molecular weight is 452 g/mol. The molecule has 170 valence electrons. The lowest BCUT2D eigenvalue weighted by atomic mass is 9.99. The van der Waals surface area contributed by atoms with Gasteiger partial charge in [-0.25, -0.2) is 4.79 Å². The van der Waals surface area contributed by atoms with Gasteiger partial charge in [0.15, 0.2) is 0 Å². The molecule has 1 aliphatic carbocycles. The van der Waals surface area contributed by atoms with Crippen LogP contribution in [0.3, 0.4) is 0 Å². The molecular formula is C26H33N3O2S. The fourth-order valence-electron chi connectivity index (χ4n) is 5.72. The number of amides is 3. The highest BCUT2D eigenvalue weighted by Gasteiger charge is 2.46. The molecule has 0 aromatic heterocycles. The standard InChI is InChI=1S/C26H33N3O2S/c30-24(13-12-20-6-1-2-7-20)29-18-19-32-26(29)14-16-28(17-15-26)25(31)27-23-11-5-9-21-8-3-4-10-22(21)23/h3-5,8-11,20H,1-2,6-7,12-19H2,(H,27,31). The average Bonchev–Trinajstić information content (AvgIpc) is 3.49. The molecule has 2 aliphatic heterocycles. The zero-order chi connectivity index (χ0) is 22.0. The maximum absolute atomic E-state index is 13.1. The Hall–Kier alpha value is -2.21. The summed E-state index contributed by atoms with van der Waals surface area (Å²) in [4.78, 5) is 30.0. The molecule has 2 aromatic carbocycles. The van der Waals surface area contributed by atoms with E-state index < -0.39 is 0 Å². The van der Waals surface area contributed by atoms with Crippen molar-refractivity contribution in [3.63, 3.8) is 0 Å². The van der Waals surface area contributed by atoms with Crippen LogP contribution in [0.15, 0.2) is 42.5 Å². The van der Waals surface area contributed by atoms with E-state index in [4.69, 9.17) is 0 Å². The zero-order valence-corrected chi connectivity index (χ0v) is 19.5. The molecule has 2 aromatic rings. The number of urea groups is 1. The van der Waals surface area contributed by atoms with Crippen molar-refractivity contribution in [3.05, 3.63) is 42.5 Å². The maximum atomic E-state index is 13.1. The molecule has 0 bridgehead atoms. The summed E-state index contributed by atoms with van der Waals surface area (Å²) >= 11 is 1.93. The summed E-state index contributed by atoms with van der Waals surface area (Å²) in [5.41, 5.74) is 0.854. The molecule has 2 heterocycles. The first-order valence-corrected chi connectivity index (χ1v) is 13.1. The van der Waals surface area contributed by atoms with Gasteiger partial charge in [0.25, 0.3) is 0 Å². The smallest absolute Gasteiger partial charge is 0.321 e. The van der Waals surface area contributed by atoms with Gasteiger partial charge < -0.3 is 15.1 Å². The van der Waals surface area contributed by atoms with E-state index in [1.807, 2.05) is 47.0 Å². The second-order valence-corrected chi connectivity index (χ2v) is 10.9. The van der Waals surface area contributed by atoms with Gasteiger partial charge in [-0.3, -0.25) is 4.79 Å². The number of nitrogens with zero attached hydrogens (tertiary/aromatic N) is 2.